The van der Waals surface area contributed by atoms with E-state index in [0.29, 0.717) is 19.4 Å². The van der Waals surface area contributed by atoms with Gasteiger partial charge in [-0.3, -0.25) is 9.89 Å². The number of urea groups is 1. The van der Waals surface area contributed by atoms with Crippen molar-refractivity contribution in [1.29, 1.82) is 0 Å². The molecule has 0 aliphatic carbocycles. The van der Waals surface area contributed by atoms with Gasteiger partial charge in [-0.2, -0.15) is 5.10 Å². The van der Waals surface area contributed by atoms with Crippen LogP contribution >= 0.6 is 0 Å². The van der Waals surface area contributed by atoms with Crippen molar-refractivity contribution in [3.8, 4) is 0 Å². The average molecular weight is 280 g/mol. The number of nitrogens with one attached hydrogen (secondary N) is 2. The van der Waals surface area contributed by atoms with Crippen molar-refractivity contribution in [1.82, 2.24) is 20.4 Å². The van der Waals surface area contributed by atoms with Crippen LogP contribution in [0, 0.1) is 5.92 Å². The van der Waals surface area contributed by atoms with E-state index in [-0.39, 0.29) is 24.0 Å². The van der Waals surface area contributed by atoms with Crippen LogP contribution in [0.4, 0.5) is 4.79 Å². The van der Waals surface area contributed by atoms with Crippen LogP contribution in [0.2, 0.25) is 0 Å². The molecule has 3 unspecified atom stereocenters. The molecule has 1 aliphatic heterocycles. The van der Waals surface area contributed by atoms with Gasteiger partial charge in [-0.1, -0.05) is 0 Å². The molecule has 110 valence electrons. The number of carbonyl (C=O) groups is 2. The van der Waals surface area contributed by atoms with Crippen molar-refractivity contribution in [2.24, 2.45) is 5.92 Å². The molecule has 1 aliphatic rings. The van der Waals surface area contributed by atoms with Crippen LogP contribution in [0.5, 0.6) is 0 Å². The molecular weight excluding hydrogens is 260 g/mol. The Hall–Kier alpha value is -2.05. The van der Waals surface area contributed by atoms with Crippen molar-refractivity contribution in [3.63, 3.8) is 0 Å². The highest BCUT2D eigenvalue weighted by molar-refractivity contribution is 5.76. The van der Waals surface area contributed by atoms with E-state index >= 15 is 0 Å². The van der Waals surface area contributed by atoms with Gasteiger partial charge in [-0.05, 0) is 26.7 Å². The van der Waals surface area contributed by atoms with Gasteiger partial charge in [0, 0.05) is 24.3 Å². The normalized spacial score (nSPS) is 24.2. The molecule has 0 spiro atoms. The molecule has 1 aromatic heterocycles. The number of nitrogens with zero attached hydrogens (tertiary/aromatic N) is 2. The molecule has 2 amide bonds. The van der Waals surface area contributed by atoms with E-state index in [1.54, 1.807) is 17.3 Å². The SMILES string of the molecule is CC(NC(=O)N1CCC(C(=O)O)CC1C)c1cn[nH]c1. The van der Waals surface area contributed by atoms with Gasteiger partial charge in [0.05, 0.1) is 18.2 Å². The number of piperidine rings is 1. The lowest BCUT2D eigenvalue weighted by molar-refractivity contribution is -0.143. The Morgan fingerprint density at radius 2 is 2.35 bits per heavy atom. The van der Waals surface area contributed by atoms with E-state index in [9.17, 15) is 9.59 Å². The standard InChI is InChI=1S/C13H20N4O3/c1-8-5-10(12(18)19)3-4-17(8)13(20)16-9(2)11-6-14-15-7-11/h6-10H,3-5H2,1-2H3,(H,14,15)(H,16,20)(H,18,19). The molecular formula is C13H20N4O3. The molecule has 0 aromatic carbocycles. The molecule has 1 aromatic rings. The van der Waals surface area contributed by atoms with Gasteiger partial charge < -0.3 is 15.3 Å². The summed E-state index contributed by atoms with van der Waals surface area (Å²) in [6.07, 6.45) is 4.42. The zero-order valence-electron chi connectivity index (χ0n) is 11.7. The maximum Gasteiger partial charge on any atom is 0.318 e. The molecule has 0 bridgehead atoms. The highest BCUT2D eigenvalue weighted by Gasteiger charge is 2.32. The second-order valence-electron chi connectivity index (χ2n) is 5.30. The zero-order valence-corrected chi connectivity index (χ0v) is 11.7. The number of carboxylic acids is 1. The quantitative estimate of drug-likeness (QED) is 0.778. The number of aliphatic carboxylic acids is 1. The first-order valence-electron chi connectivity index (χ1n) is 6.77. The number of hydrogen-bond donors (Lipinski definition) is 3. The third-order valence-electron chi connectivity index (χ3n) is 3.85. The maximum atomic E-state index is 12.2. The van der Waals surface area contributed by atoms with Crippen LogP contribution in [0.3, 0.4) is 0 Å². The second kappa shape index (κ2) is 5.94. The van der Waals surface area contributed by atoms with E-state index in [4.69, 9.17) is 5.11 Å². The molecule has 2 rings (SSSR count). The Morgan fingerprint density at radius 1 is 1.60 bits per heavy atom. The van der Waals surface area contributed by atoms with Crippen LogP contribution in [0.25, 0.3) is 0 Å². The fourth-order valence-corrected chi connectivity index (χ4v) is 2.55. The number of hydrogen-bond acceptors (Lipinski definition) is 3. The summed E-state index contributed by atoms with van der Waals surface area (Å²) in [6, 6.07) is -0.359. The monoisotopic (exact) mass is 280 g/mol. The molecule has 1 saturated heterocycles. The number of carboxylic acid groups (broad SMARTS) is 1. The first-order valence-corrected chi connectivity index (χ1v) is 6.77. The minimum atomic E-state index is -0.774. The summed E-state index contributed by atoms with van der Waals surface area (Å²) in [5, 5.41) is 18.5. The Bertz CT molecular complexity index is 474. The zero-order chi connectivity index (χ0) is 14.7. The lowest BCUT2D eigenvalue weighted by Crippen LogP contribution is -2.50. The number of likely N-dealkylation sites (tertiary alicyclic amines) is 1. The summed E-state index contributed by atoms with van der Waals surface area (Å²) in [7, 11) is 0. The third-order valence-corrected chi connectivity index (χ3v) is 3.85. The summed E-state index contributed by atoms with van der Waals surface area (Å²) >= 11 is 0. The molecule has 0 saturated carbocycles. The topological polar surface area (TPSA) is 98.3 Å². The van der Waals surface area contributed by atoms with Crippen molar-refractivity contribution in [2.75, 3.05) is 6.54 Å². The summed E-state index contributed by atoms with van der Waals surface area (Å²) in [6.45, 7) is 4.25. The molecule has 2 heterocycles. The minimum absolute atomic E-state index is 0.0681. The van der Waals surface area contributed by atoms with Gasteiger partial charge in [0.15, 0.2) is 0 Å². The summed E-state index contributed by atoms with van der Waals surface area (Å²) in [5.74, 6) is -1.12. The molecule has 20 heavy (non-hydrogen) atoms. The number of carbonyl (C=O) groups excluding carboxylic acids is 1. The first kappa shape index (κ1) is 14.4. The lowest BCUT2D eigenvalue weighted by atomic mass is 9.92. The van der Waals surface area contributed by atoms with Crippen molar-refractivity contribution < 1.29 is 14.7 Å². The third kappa shape index (κ3) is 3.09. The van der Waals surface area contributed by atoms with Gasteiger partial charge in [-0.15, -0.1) is 0 Å². The predicted octanol–water partition coefficient (Wildman–Crippen LogP) is 1.37. The van der Waals surface area contributed by atoms with Gasteiger partial charge in [0.2, 0.25) is 0 Å². The summed E-state index contributed by atoms with van der Waals surface area (Å²) < 4.78 is 0. The molecule has 7 heteroatoms. The molecule has 7 nitrogen and oxygen atoms in total. The van der Waals surface area contributed by atoms with E-state index < -0.39 is 5.97 Å². The maximum absolute atomic E-state index is 12.2. The van der Waals surface area contributed by atoms with Crippen molar-refractivity contribution >= 4 is 12.0 Å². The van der Waals surface area contributed by atoms with Crippen LogP contribution in [0.15, 0.2) is 12.4 Å². The summed E-state index contributed by atoms with van der Waals surface area (Å²) in [4.78, 5) is 24.9. The Morgan fingerprint density at radius 3 is 2.90 bits per heavy atom. The Kier molecular flexibility index (Phi) is 4.26. The van der Waals surface area contributed by atoms with Crippen LogP contribution < -0.4 is 5.32 Å². The fourth-order valence-electron chi connectivity index (χ4n) is 2.55. The molecule has 0 radical (unpaired) electrons. The highest BCUT2D eigenvalue weighted by Crippen LogP contribution is 2.23. The van der Waals surface area contributed by atoms with Crippen LogP contribution in [-0.4, -0.2) is 44.8 Å². The lowest BCUT2D eigenvalue weighted by Gasteiger charge is -2.36. The second-order valence-corrected chi connectivity index (χ2v) is 5.30. The summed E-state index contributed by atoms with van der Waals surface area (Å²) in [5.41, 5.74) is 0.909. The van der Waals surface area contributed by atoms with Gasteiger partial charge >= 0.3 is 12.0 Å². The highest BCUT2D eigenvalue weighted by atomic mass is 16.4. The number of aromatic amines is 1. The first-order chi connectivity index (χ1) is 9.49. The predicted molar refractivity (Wildman–Crippen MR) is 72.1 cm³/mol. The smallest absolute Gasteiger partial charge is 0.318 e. The average Bonchev–Trinajstić information content (AvgIpc) is 2.92. The van der Waals surface area contributed by atoms with Crippen molar-refractivity contribution in [3.05, 3.63) is 18.0 Å². The molecule has 1 fully saturated rings. The van der Waals surface area contributed by atoms with Gasteiger partial charge in [0.25, 0.3) is 0 Å². The number of rotatable bonds is 3. The van der Waals surface area contributed by atoms with E-state index in [1.165, 1.54) is 0 Å². The van der Waals surface area contributed by atoms with Crippen LogP contribution in [0.1, 0.15) is 38.3 Å². The number of H-pyrrole nitrogens is 1. The Balaban J connectivity index is 1.91. The van der Waals surface area contributed by atoms with E-state index in [2.05, 4.69) is 15.5 Å². The van der Waals surface area contributed by atoms with E-state index in [0.717, 1.165) is 5.56 Å². The largest absolute Gasteiger partial charge is 0.481 e. The Labute approximate surface area is 117 Å². The van der Waals surface area contributed by atoms with Crippen LogP contribution in [-0.2, 0) is 4.79 Å². The molecule has 3 N–H and O–H groups in total. The molecule has 3 atom stereocenters. The van der Waals surface area contributed by atoms with Gasteiger partial charge in [-0.25, -0.2) is 4.79 Å². The minimum Gasteiger partial charge on any atom is -0.481 e. The van der Waals surface area contributed by atoms with E-state index in [1.807, 2.05) is 13.8 Å². The fraction of sp³-hybridized carbons (Fsp3) is 0.615. The van der Waals surface area contributed by atoms with Crippen molar-refractivity contribution in [2.45, 2.75) is 38.8 Å². The number of aromatic nitrogens is 2. The van der Waals surface area contributed by atoms with Gasteiger partial charge in [0.1, 0.15) is 0 Å². The number of amides is 2.